The van der Waals surface area contributed by atoms with Gasteiger partial charge in [0.05, 0.1) is 0 Å². The second-order valence-corrected chi connectivity index (χ2v) is 6.57. The van der Waals surface area contributed by atoms with Crippen molar-refractivity contribution in [2.45, 2.75) is 54.1 Å². The Balaban J connectivity index is 3.04. The Kier molecular flexibility index (Phi) is 5.42. The molecule has 0 aromatic heterocycles. The van der Waals surface area contributed by atoms with Crippen molar-refractivity contribution in [3.63, 3.8) is 0 Å². The first-order chi connectivity index (χ1) is 8.77. The molecule has 1 N–H and O–H groups in total. The SMILES string of the molecule is CCNCc1cc(C)ccc1N(C)C(C)C(C)(C)C. The molecule has 2 nitrogen and oxygen atoms in total. The molecule has 1 atom stereocenters. The predicted molar refractivity (Wildman–Crippen MR) is 85.9 cm³/mol. The van der Waals surface area contributed by atoms with Crippen LogP contribution in [0.5, 0.6) is 0 Å². The molecule has 0 amide bonds. The van der Waals surface area contributed by atoms with Crippen molar-refractivity contribution in [3.8, 4) is 0 Å². The minimum Gasteiger partial charge on any atom is -0.371 e. The van der Waals surface area contributed by atoms with Gasteiger partial charge in [0, 0.05) is 25.3 Å². The van der Waals surface area contributed by atoms with Crippen LogP contribution in [-0.4, -0.2) is 19.6 Å². The molecule has 1 unspecified atom stereocenters. The van der Waals surface area contributed by atoms with Crippen molar-refractivity contribution in [3.05, 3.63) is 29.3 Å². The largest absolute Gasteiger partial charge is 0.371 e. The molecule has 0 heterocycles. The van der Waals surface area contributed by atoms with Crippen LogP contribution in [0.4, 0.5) is 5.69 Å². The third-order valence-electron chi connectivity index (χ3n) is 4.01. The highest BCUT2D eigenvalue weighted by molar-refractivity contribution is 5.55. The molecule has 0 aliphatic heterocycles. The second kappa shape index (κ2) is 6.42. The molecule has 0 aliphatic rings. The molecule has 0 saturated carbocycles. The van der Waals surface area contributed by atoms with Crippen LogP contribution >= 0.6 is 0 Å². The first kappa shape index (κ1) is 16.0. The Bertz CT molecular complexity index is 404. The molecular weight excluding hydrogens is 232 g/mol. The molecule has 0 fully saturated rings. The Morgan fingerprint density at radius 1 is 1.26 bits per heavy atom. The third kappa shape index (κ3) is 4.24. The topological polar surface area (TPSA) is 15.3 Å². The van der Waals surface area contributed by atoms with Gasteiger partial charge >= 0.3 is 0 Å². The van der Waals surface area contributed by atoms with E-state index < -0.39 is 0 Å². The normalized spacial score (nSPS) is 13.4. The molecule has 0 aliphatic carbocycles. The molecule has 108 valence electrons. The average molecular weight is 262 g/mol. The number of rotatable bonds is 5. The highest BCUT2D eigenvalue weighted by Gasteiger charge is 2.25. The van der Waals surface area contributed by atoms with E-state index in [1.165, 1.54) is 16.8 Å². The predicted octanol–water partition coefficient (Wildman–Crippen LogP) is 3.98. The zero-order valence-electron chi connectivity index (χ0n) is 13.7. The maximum absolute atomic E-state index is 3.44. The Morgan fingerprint density at radius 3 is 2.42 bits per heavy atom. The molecule has 0 bridgehead atoms. The monoisotopic (exact) mass is 262 g/mol. The third-order valence-corrected chi connectivity index (χ3v) is 4.01. The first-order valence-electron chi connectivity index (χ1n) is 7.30. The summed E-state index contributed by atoms with van der Waals surface area (Å²) in [6.07, 6.45) is 0. The lowest BCUT2D eigenvalue weighted by atomic mass is 9.86. The summed E-state index contributed by atoms with van der Waals surface area (Å²) in [5.41, 5.74) is 4.33. The fraction of sp³-hybridized carbons (Fsp3) is 0.647. The number of anilines is 1. The summed E-state index contributed by atoms with van der Waals surface area (Å²) in [4.78, 5) is 2.41. The van der Waals surface area contributed by atoms with Crippen LogP contribution in [0.3, 0.4) is 0 Å². The Labute approximate surface area is 119 Å². The zero-order chi connectivity index (χ0) is 14.6. The molecule has 1 aromatic carbocycles. The van der Waals surface area contributed by atoms with E-state index in [-0.39, 0.29) is 5.41 Å². The Morgan fingerprint density at radius 2 is 1.89 bits per heavy atom. The van der Waals surface area contributed by atoms with E-state index in [1.54, 1.807) is 0 Å². The summed E-state index contributed by atoms with van der Waals surface area (Å²) in [6, 6.07) is 7.25. The standard InChI is InChI=1S/C17H30N2/c1-8-18-12-15-11-13(2)9-10-16(15)19(7)14(3)17(4,5)6/h9-11,14,18H,8,12H2,1-7H3. The molecule has 0 saturated heterocycles. The number of nitrogens with one attached hydrogen (secondary N) is 1. The second-order valence-electron chi connectivity index (χ2n) is 6.57. The number of benzene rings is 1. The summed E-state index contributed by atoms with van der Waals surface area (Å²) in [7, 11) is 2.20. The minimum absolute atomic E-state index is 0.273. The van der Waals surface area contributed by atoms with E-state index in [4.69, 9.17) is 0 Å². The van der Waals surface area contributed by atoms with Crippen LogP contribution in [0.1, 0.15) is 45.7 Å². The van der Waals surface area contributed by atoms with Crippen LogP contribution in [0.25, 0.3) is 0 Å². The van der Waals surface area contributed by atoms with Crippen molar-refractivity contribution in [2.75, 3.05) is 18.5 Å². The van der Waals surface area contributed by atoms with Crippen molar-refractivity contribution in [1.82, 2.24) is 5.32 Å². The lowest BCUT2D eigenvalue weighted by molar-refractivity contribution is 0.329. The van der Waals surface area contributed by atoms with Crippen LogP contribution < -0.4 is 10.2 Å². The number of aryl methyl sites for hydroxylation is 1. The maximum Gasteiger partial charge on any atom is 0.0412 e. The van der Waals surface area contributed by atoms with E-state index in [0.717, 1.165) is 13.1 Å². The fourth-order valence-electron chi connectivity index (χ4n) is 2.25. The van der Waals surface area contributed by atoms with Crippen LogP contribution in [0.2, 0.25) is 0 Å². The number of nitrogens with zero attached hydrogens (tertiary/aromatic N) is 1. The van der Waals surface area contributed by atoms with Crippen LogP contribution in [0.15, 0.2) is 18.2 Å². The quantitative estimate of drug-likeness (QED) is 0.863. The van der Waals surface area contributed by atoms with E-state index in [1.807, 2.05) is 0 Å². The summed E-state index contributed by atoms with van der Waals surface area (Å²) in [5.74, 6) is 0. The molecular formula is C17H30N2. The van der Waals surface area contributed by atoms with Gasteiger partial charge in [-0.1, -0.05) is 45.4 Å². The lowest BCUT2D eigenvalue weighted by Crippen LogP contribution is -2.40. The maximum atomic E-state index is 3.44. The molecule has 1 rings (SSSR count). The molecule has 2 heteroatoms. The summed E-state index contributed by atoms with van der Waals surface area (Å²) >= 11 is 0. The van der Waals surface area contributed by atoms with Gasteiger partial charge in [0.15, 0.2) is 0 Å². The lowest BCUT2D eigenvalue weighted by Gasteiger charge is -2.38. The van der Waals surface area contributed by atoms with E-state index in [9.17, 15) is 0 Å². The van der Waals surface area contributed by atoms with Gasteiger partial charge in [-0.3, -0.25) is 0 Å². The summed E-state index contributed by atoms with van der Waals surface area (Å²) in [5, 5.41) is 3.44. The summed E-state index contributed by atoms with van der Waals surface area (Å²) in [6.45, 7) is 15.5. The van der Waals surface area contributed by atoms with Crippen molar-refractivity contribution in [2.24, 2.45) is 5.41 Å². The van der Waals surface area contributed by atoms with E-state index in [2.05, 4.69) is 77.0 Å². The van der Waals surface area contributed by atoms with Crippen molar-refractivity contribution < 1.29 is 0 Å². The Hall–Kier alpha value is -1.02. The zero-order valence-corrected chi connectivity index (χ0v) is 13.7. The number of hydrogen-bond acceptors (Lipinski definition) is 2. The van der Waals surface area contributed by atoms with Crippen LogP contribution in [-0.2, 0) is 6.54 Å². The van der Waals surface area contributed by atoms with Gasteiger partial charge in [0.2, 0.25) is 0 Å². The van der Waals surface area contributed by atoms with E-state index in [0.29, 0.717) is 6.04 Å². The van der Waals surface area contributed by atoms with Gasteiger partial charge in [-0.2, -0.15) is 0 Å². The van der Waals surface area contributed by atoms with Gasteiger partial charge in [0.1, 0.15) is 0 Å². The fourth-order valence-corrected chi connectivity index (χ4v) is 2.25. The summed E-state index contributed by atoms with van der Waals surface area (Å²) < 4.78 is 0. The van der Waals surface area contributed by atoms with Gasteiger partial charge < -0.3 is 10.2 Å². The minimum atomic E-state index is 0.273. The van der Waals surface area contributed by atoms with Crippen molar-refractivity contribution in [1.29, 1.82) is 0 Å². The average Bonchev–Trinajstić information content (AvgIpc) is 2.33. The molecule has 0 spiro atoms. The van der Waals surface area contributed by atoms with Crippen LogP contribution in [0, 0.1) is 12.3 Å². The highest BCUT2D eigenvalue weighted by atomic mass is 15.1. The first-order valence-corrected chi connectivity index (χ1v) is 7.30. The molecule has 1 aromatic rings. The number of hydrogen-bond donors (Lipinski definition) is 1. The van der Waals surface area contributed by atoms with Gasteiger partial charge in [-0.05, 0) is 37.4 Å². The van der Waals surface area contributed by atoms with Gasteiger partial charge in [-0.25, -0.2) is 0 Å². The van der Waals surface area contributed by atoms with Gasteiger partial charge in [0.25, 0.3) is 0 Å². The van der Waals surface area contributed by atoms with Gasteiger partial charge in [-0.15, -0.1) is 0 Å². The van der Waals surface area contributed by atoms with E-state index >= 15 is 0 Å². The molecule has 0 radical (unpaired) electrons. The molecule has 19 heavy (non-hydrogen) atoms. The smallest absolute Gasteiger partial charge is 0.0412 e. The van der Waals surface area contributed by atoms with Crippen molar-refractivity contribution >= 4 is 5.69 Å². The highest BCUT2D eigenvalue weighted by Crippen LogP contribution is 2.30.